The number of carbonyl (C=O) groups excluding carboxylic acids is 3. The van der Waals surface area contributed by atoms with Crippen LogP contribution in [0.4, 0.5) is 11.4 Å². The van der Waals surface area contributed by atoms with E-state index in [4.69, 9.17) is 4.74 Å². The minimum atomic E-state index is -0.593. The summed E-state index contributed by atoms with van der Waals surface area (Å²) >= 11 is 3.42. The Morgan fingerprint density at radius 1 is 0.639 bits per heavy atom. The fourth-order valence-electron chi connectivity index (χ4n) is 3.70. The van der Waals surface area contributed by atoms with E-state index in [-0.39, 0.29) is 31.1 Å². The zero-order valence-corrected chi connectivity index (χ0v) is 21.1. The number of Topliss-reactive ketones (excluding diaryl/α,β-unsaturated/α-hetero) is 1. The molecule has 0 aromatic heterocycles. The molecule has 0 heterocycles. The van der Waals surface area contributed by atoms with Gasteiger partial charge in [0.1, 0.15) is 0 Å². The molecular weight excluding hydrogens is 518 g/mol. The van der Waals surface area contributed by atoms with Gasteiger partial charge in [0.25, 0.3) is 0 Å². The Kier molecular flexibility index (Phi) is 8.42. The summed E-state index contributed by atoms with van der Waals surface area (Å²) in [4.78, 5) is 39.4. The summed E-state index contributed by atoms with van der Waals surface area (Å²) in [6, 6.07) is 33.5. The lowest BCUT2D eigenvalue weighted by atomic mass is 10.0. The first-order valence-electron chi connectivity index (χ1n) is 11.5. The maximum absolute atomic E-state index is 13.0. The Morgan fingerprint density at radius 2 is 1.14 bits per heavy atom. The molecule has 36 heavy (non-hydrogen) atoms. The van der Waals surface area contributed by atoms with E-state index in [0.717, 1.165) is 15.6 Å². The van der Waals surface area contributed by atoms with Crippen LogP contribution in [0, 0.1) is 0 Å². The summed E-state index contributed by atoms with van der Waals surface area (Å²) in [5, 5.41) is 0. The molecule has 0 fully saturated rings. The van der Waals surface area contributed by atoms with Crippen molar-refractivity contribution in [1.29, 1.82) is 0 Å². The van der Waals surface area contributed by atoms with Crippen LogP contribution < -0.4 is 4.90 Å². The number of ether oxygens (including phenoxy) is 1. The number of benzene rings is 4. The second-order valence-corrected chi connectivity index (χ2v) is 8.98. The standard InChI is InChI=1S/C30H24BrNO4/c31-25-17-15-23(16-18-25)22-11-13-24(14-12-22)28(33)21-36-30(35)20-19-29(34)32(26-7-3-1-4-8-26)27-9-5-2-6-10-27/h1-18H,19-21H2. The zero-order chi connectivity index (χ0) is 25.3. The molecule has 0 aliphatic heterocycles. The summed E-state index contributed by atoms with van der Waals surface area (Å²) in [5.74, 6) is -1.13. The Morgan fingerprint density at radius 3 is 1.67 bits per heavy atom. The average molecular weight is 542 g/mol. The number of carbonyl (C=O) groups is 3. The maximum Gasteiger partial charge on any atom is 0.306 e. The predicted octanol–water partition coefficient (Wildman–Crippen LogP) is 6.99. The number of halogens is 1. The van der Waals surface area contributed by atoms with Gasteiger partial charge < -0.3 is 4.74 Å². The van der Waals surface area contributed by atoms with E-state index in [1.807, 2.05) is 97.1 Å². The number of ketones is 1. The van der Waals surface area contributed by atoms with Crippen LogP contribution >= 0.6 is 15.9 Å². The van der Waals surface area contributed by atoms with E-state index in [0.29, 0.717) is 16.9 Å². The highest BCUT2D eigenvalue weighted by molar-refractivity contribution is 9.10. The number of nitrogens with zero attached hydrogens (tertiary/aromatic N) is 1. The first kappa shape index (κ1) is 25.1. The van der Waals surface area contributed by atoms with Gasteiger partial charge in [-0.1, -0.05) is 88.7 Å². The van der Waals surface area contributed by atoms with Crippen molar-refractivity contribution in [2.24, 2.45) is 0 Å². The van der Waals surface area contributed by atoms with Crippen LogP contribution in [0.25, 0.3) is 11.1 Å². The molecule has 0 atom stereocenters. The van der Waals surface area contributed by atoms with Gasteiger partial charge in [-0.2, -0.15) is 0 Å². The zero-order valence-electron chi connectivity index (χ0n) is 19.5. The first-order chi connectivity index (χ1) is 17.5. The molecule has 5 nitrogen and oxygen atoms in total. The lowest BCUT2D eigenvalue weighted by molar-refractivity contribution is -0.143. The number of anilines is 2. The van der Waals surface area contributed by atoms with Gasteiger partial charge >= 0.3 is 5.97 Å². The fraction of sp³-hybridized carbons (Fsp3) is 0.100. The van der Waals surface area contributed by atoms with E-state index < -0.39 is 5.97 Å². The van der Waals surface area contributed by atoms with Crippen LogP contribution in [0.1, 0.15) is 23.2 Å². The molecule has 0 spiro atoms. The van der Waals surface area contributed by atoms with Crippen molar-refractivity contribution in [3.8, 4) is 11.1 Å². The number of rotatable bonds is 9. The number of hydrogen-bond acceptors (Lipinski definition) is 4. The Labute approximate surface area is 218 Å². The monoisotopic (exact) mass is 541 g/mol. The molecular formula is C30H24BrNO4. The highest BCUT2D eigenvalue weighted by Crippen LogP contribution is 2.26. The van der Waals surface area contributed by atoms with Crippen LogP contribution in [-0.2, 0) is 14.3 Å². The quantitative estimate of drug-likeness (QED) is 0.169. The smallest absolute Gasteiger partial charge is 0.306 e. The largest absolute Gasteiger partial charge is 0.457 e. The molecule has 0 saturated carbocycles. The third kappa shape index (κ3) is 6.55. The topological polar surface area (TPSA) is 63.7 Å². The lowest BCUT2D eigenvalue weighted by Gasteiger charge is -2.23. The molecule has 0 radical (unpaired) electrons. The number of hydrogen-bond donors (Lipinski definition) is 0. The molecule has 180 valence electrons. The van der Waals surface area contributed by atoms with E-state index in [9.17, 15) is 14.4 Å². The van der Waals surface area contributed by atoms with E-state index in [1.54, 1.807) is 17.0 Å². The van der Waals surface area contributed by atoms with Crippen LogP contribution in [-0.4, -0.2) is 24.3 Å². The predicted molar refractivity (Wildman–Crippen MR) is 144 cm³/mol. The van der Waals surface area contributed by atoms with Crippen LogP contribution in [0.3, 0.4) is 0 Å². The molecule has 0 bridgehead atoms. The summed E-state index contributed by atoms with van der Waals surface area (Å²) in [7, 11) is 0. The van der Waals surface area contributed by atoms with Crippen LogP contribution in [0.15, 0.2) is 114 Å². The molecule has 1 amide bonds. The van der Waals surface area contributed by atoms with E-state index >= 15 is 0 Å². The van der Waals surface area contributed by atoms with Gasteiger partial charge in [0.05, 0.1) is 6.42 Å². The molecule has 4 aromatic carbocycles. The van der Waals surface area contributed by atoms with Gasteiger partial charge in [0.2, 0.25) is 5.91 Å². The first-order valence-corrected chi connectivity index (χ1v) is 12.3. The van der Waals surface area contributed by atoms with Crippen LogP contribution in [0.2, 0.25) is 0 Å². The Bertz CT molecular complexity index is 1280. The Hall–Kier alpha value is -4.03. The molecule has 0 N–H and O–H groups in total. The third-order valence-electron chi connectivity index (χ3n) is 5.57. The molecule has 6 heteroatoms. The van der Waals surface area contributed by atoms with Crippen molar-refractivity contribution in [1.82, 2.24) is 0 Å². The summed E-state index contributed by atoms with van der Waals surface area (Å²) in [6.07, 6.45) is -0.163. The van der Waals surface area contributed by atoms with Gasteiger partial charge in [-0.25, -0.2) is 0 Å². The molecule has 0 aliphatic carbocycles. The second kappa shape index (κ2) is 12.1. The van der Waals surface area contributed by atoms with Crippen molar-refractivity contribution in [3.05, 3.63) is 119 Å². The molecule has 0 aliphatic rings. The Balaban J connectivity index is 1.31. The highest BCUT2D eigenvalue weighted by atomic mass is 79.9. The van der Waals surface area contributed by atoms with E-state index in [1.165, 1.54) is 0 Å². The average Bonchev–Trinajstić information content (AvgIpc) is 2.92. The molecule has 0 unspecified atom stereocenters. The number of esters is 1. The summed E-state index contributed by atoms with van der Waals surface area (Å²) < 4.78 is 6.16. The molecule has 0 saturated heterocycles. The van der Waals surface area contributed by atoms with Crippen molar-refractivity contribution in [2.75, 3.05) is 11.5 Å². The van der Waals surface area contributed by atoms with Gasteiger partial charge in [-0.15, -0.1) is 0 Å². The number of para-hydroxylation sites is 2. The van der Waals surface area contributed by atoms with Crippen molar-refractivity contribution in [3.63, 3.8) is 0 Å². The molecule has 4 aromatic rings. The normalized spacial score (nSPS) is 10.5. The number of amides is 1. The van der Waals surface area contributed by atoms with Crippen molar-refractivity contribution >= 4 is 45.0 Å². The van der Waals surface area contributed by atoms with Gasteiger partial charge in [0, 0.05) is 27.8 Å². The minimum Gasteiger partial charge on any atom is -0.457 e. The minimum absolute atomic E-state index is 0.0430. The second-order valence-electron chi connectivity index (χ2n) is 8.07. The lowest BCUT2D eigenvalue weighted by Crippen LogP contribution is -2.26. The van der Waals surface area contributed by atoms with Crippen LogP contribution in [0.5, 0.6) is 0 Å². The SMILES string of the molecule is O=C(CCC(=O)N(c1ccccc1)c1ccccc1)OCC(=O)c1ccc(-c2ccc(Br)cc2)cc1. The van der Waals surface area contributed by atoms with Crippen molar-refractivity contribution in [2.45, 2.75) is 12.8 Å². The van der Waals surface area contributed by atoms with Gasteiger partial charge in [-0.05, 0) is 47.5 Å². The van der Waals surface area contributed by atoms with Gasteiger partial charge in [-0.3, -0.25) is 19.3 Å². The van der Waals surface area contributed by atoms with Crippen molar-refractivity contribution < 1.29 is 19.1 Å². The molecule has 4 rings (SSSR count). The summed E-state index contributed by atoms with van der Waals surface area (Å²) in [6.45, 7) is -0.369. The summed E-state index contributed by atoms with van der Waals surface area (Å²) in [5.41, 5.74) is 3.90. The van der Waals surface area contributed by atoms with E-state index in [2.05, 4.69) is 15.9 Å². The fourth-order valence-corrected chi connectivity index (χ4v) is 3.97. The van der Waals surface area contributed by atoms with Gasteiger partial charge in [0.15, 0.2) is 12.4 Å². The highest BCUT2D eigenvalue weighted by Gasteiger charge is 2.19. The maximum atomic E-state index is 13.0. The third-order valence-corrected chi connectivity index (χ3v) is 6.10.